The van der Waals surface area contributed by atoms with Crippen molar-refractivity contribution in [3.63, 3.8) is 0 Å². The highest BCUT2D eigenvalue weighted by molar-refractivity contribution is 7.95. The second-order valence-electron chi connectivity index (χ2n) is 6.15. The van der Waals surface area contributed by atoms with Crippen LogP contribution in [0.1, 0.15) is 23.3 Å². The van der Waals surface area contributed by atoms with Crippen LogP contribution in [0, 0.1) is 6.92 Å². The highest BCUT2D eigenvalue weighted by atomic mass is 35.5. The summed E-state index contributed by atoms with van der Waals surface area (Å²) in [6.07, 6.45) is 0. The standard InChI is InChI=1S/C17H12ClNO5S3.CH4/c1-9-12-7-11(18)3-5-15(12)25-17(9)27(23,24)19-13-4-2-10-6-16(13)26(21,22)8-14(10)20;/h2-7,19H,8H2,1H3;1H4. The summed E-state index contributed by atoms with van der Waals surface area (Å²) in [4.78, 5) is 11.5. The van der Waals surface area contributed by atoms with E-state index in [0.29, 0.717) is 10.6 Å². The number of aryl methyl sites for hydroxylation is 1. The van der Waals surface area contributed by atoms with Gasteiger partial charge in [-0.15, -0.1) is 11.3 Å². The zero-order valence-electron chi connectivity index (χ0n) is 13.8. The van der Waals surface area contributed by atoms with Crippen LogP contribution < -0.4 is 4.72 Å². The number of halogens is 1. The van der Waals surface area contributed by atoms with Gasteiger partial charge in [-0.1, -0.05) is 19.0 Å². The Hall–Kier alpha value is -1.94. The lowest BCUT2D eigenvalue weighted by Gasteiger charge is -2.17. The Bertz CT molecular complexity index is 1340. The zero-order chi connectivity index (χ0) is 19.6. The van der Waals surface area contributed by atoms with Crippen molar-refractivity contribution in [2.45, 2.75) is 23.5 Å². The molecule has 0 spiro atoms. The van der Waals surface area contributed by atoms with Gasteiger partial charge >= 0.3 is 0 Å². The number of sulfone groups is 1. The SMILES string of the molecule is C.Cc1c(S(=O)(=O)Nc2ccc3cc2S(=O)(=O)CC3=O)sc2ccc(Cl)cc12. The number of carbonyl (C=O) groups is 1. The monoisotopic (exact) mass is 457 g/mol. The van der Waals surface area contributed by atoms with Crippen LogP contribution in [-0.2, 0) is 19.9 Å². The van der Waals surface area contributed by atoms with Crippen molar-refractivity contribution in [2.24, 2.45) is 0 Å². The van der Waals surface area contributed by atoms with Crippen molar-refractivity contribution in [3.05, 3.63) is 52.5 Å². The molecular weight excluding hydrogens is 442 g/mol. The van der Waals surface area contributed by atoms with E-state index in [-0.39, 0.29) is 27.8 Å². The van der Waals surface area contributed by atoms with Gasteiger partial charge in [0, 0.05) is 15.3 Å². The van der Waals surface area contributed by atoms with Crippen LogP contribution in [0.15, 0.2) is 45.5 Å². The Morgan fingerprint density at radius 3 is 2.57 bits per heavy atom. The third-order valence-corrected chi connectivity index (χ3v) is 9.45. The first-order chi connectivity index (χ1) is 12.6. The molecule has 148 valence electrons. The molecule has 1 aliphatic rings. The average Bonchev–Trinajstić information content (AvgIpc) is 2.91. The van der Waals surface area contributed by atoms with E-state index in [1.165, 1.54) is 18.2 Å². The zero-order valence-corrected chi connectivity index (χ0v) is 17.0. The van der Waals surface area contributed by atoms with Crippen LogP contribution in [0.4, 0.5) is 5.69 Å². The van der Waals surface area contributed by atoms with Crippen LogP contribution in [0.5, 0.6) is 0 Å². The molecule has 0 amide bonds. The second kappa shape index (κ2) is 6.84. The molecule has 1 aromatic heterocycles. The maximum Gasteiger partial charge on any atom is 0.271 e. The number of sulfonamides is 1. The quantitative estimate of drug-likeness (QED) is 0.633. The van der Waals surface area contributed by atoms with E-state index in [2.05, 4.69) is 4.72 Å². The molecule has 0 unspecified atom stereocenters. The lowest BCUT2D eigenvalue weighted by Crippen LogP contribution is -2.24. The summed E-state index contributed by atoms with van der Waals surface area (Å²) < 4.78 is 53.6. The van der Waals surface area contributed by atoms with Crippen LogP contribution >= 0.6 is 22.9 Å². The number of thiophene rings is 1. The molecule has 10 heteroatoms. The van der Waals surface area contributed by atoms with Crippen LogP contribution in [0.3, 0.4) is 0 Å². The third kappa shape index (κ3) is 3.32. The summed E-state index contributed by atoms with van der Waals surface area (Å²) in [7, 11) is -7.91. The van der Waals surface area contributed by atoms with Gasteiger partial charge in [-0.05, 0) is 54.3 Å². The molecule has 2 heterocycles. The fourth-order valence-corrected chi connectivity index (χ4v) is 7.48. The molecule has 0 saturated heterocycles. The highest BCUT2D eigenvalue weighted by Crippen LogP contribution is 2.37. The normalized spacial score (nSPS) is 15.3. The van der Waals surface area contributed by atoms with E-state index in [9.17, 15) is 21.6 Å². The van der Waals surface area contributed by atoms with Gasteiger partial charge in [0.1, 0.15) is 9.96 Å². The number of nitrogens with one attached hydrogen (secondary N) is 1. The summed E-state index contributed by atoms with van der Waals surface area (Å²) in [6.45, 7) is 1.67. The molecule has 2 bridgehead atoms. The number of benzene rings is 2. The predicted octanol–water partition coefficient (Wildman–Crippen LogP) is 4.27. The van der Waals surface area contributed by atoms with Gasteiger partial charge < -0.3 is 0 Å². The third-order valence-electron chi connectivity index (χ3n) is 4.30. The van der Waals surface area contributed by atoms with Crippen molar-refractivity contribution in [1.29, 1.82) is 0 Å². The maximum atomic E-state index is 12.9. The molecule has 2 aromatic carbocycles. The molecular formula is C18H16ClNO5S3. The smallest absolute Gasteiger partial charge is 0.271 e. The minimum Gasteiger partial charge on any atom is -0.293 e. The Morgan fingerprint density at radius 2 is 1.86 bits per heavy atom. The lowest BCUT2D eigenvalue weighted by molar-refractivity contribution is 0.101. The maximum absolute atomic E-state index is 12.9. The summed E-state index contributed by atoms with van der Waals surface area (Å²) in [5.74, 6) is -1.17. The van der Waals surface area contributed by atoms with Gasteiger partial charge in [0.15, 0.2) is 15.6 Å². The fraction of sp³-hybridized carbons (Fsp3) is 0.167. The number of anilines is 1. The molecule has 0 saturated carbocycles. The highest BCUT2D eigenvalue weighted by Gasteiger charge is 2.31. The predicted molar refractivity (Wildman–Crippen MR) is 112 cm³/mol. The summed E-state index contributed by atoms with van der Waals surface area (Å²) in [5, 5.41) is 1.22. The van der Waals surface area contributed by atoms with Crippen molar-refractivity contribution in [2.75, 3.05) is 10.5 Å². The van der Waals surface area contributed by atoms with E-state index in [1.807, 2.05) is 0 Å². The topological polar surface area (TPSA) is 97.4 Å². The molecule has 1 aliphatic heterocycles. The van der Waals surface area contributed by atoms with Crippen LogP contribution in [-0.4, -0.2) is 28.4 Å². The molecule has 6 nitrogen and oxygen atoms in total. The molecule has 0 atom stereocenters. The molecule has 4 rings (SSSR count). The van der Waals surface area contributed by atoms with Crippen molar-refractivity contribution >= 4 is 64.4 Å². The molecule has 1 N–H and O–H groups in total. The largest absolute Gasteiger partial charge is 0.293 e. The minimum atomic E-state index is -4.03. The second-order valence-corrected chi connectivity index (χ2v) is 11.5. The molecule has 3 aromatic rings. The Morgan fingerprint density at radius 1 is 1.14 bits per heavy atom. The number of ketones is 1. The van der Waals surface area contributed by atoms with E-state index < -0.39 is 31.4 Å². The molecule has 28 heavy (non-hydrogen) atoms. The van der Waals surface area contributed by atoms with E-state index in [4.69, 9.17) is 11.6 Å². The molecule has 0 aliphatic carbocycles. The van der Waals surface area contributed by atoms with Gasteiger partial charge in [-0.3, -0.25) is 9.52 Å². The Kier molecular flexibility index (Phi) is 5.08. The van der Waals surface area contributed by atoms with Gasteiger partial charge in [0.25, 0.3) is 10.0 Å². The fourth-order valence-electron chi connectivity index (χ4n) is 2.99. The van der Waals surface area contributed by atoms with Crippen molar-refractivity contribution in [1.82, 2.24) is 0 Å². The van der Waals surface area contributed by atoms with Gasteiger partial charge in [-0.25, -0.2) is 16.8 Å². The number of fused-ring (bicyclic) bond motifs is 3. The minimum absolute atomic E-state index is 0. The Balaban J connectivity index is 0.00000225. The number of hydrogen-bond acceptors (Lipinski definition) is 6. The van der Waals surface area contributed by atoms with Gasteiger partial charge in [0.05, 0.1) is 10.6 Å². The average molecular weight is 458 g/mol. The van der Waals surface area contributed by atoms with Crippen molar-refractivity contribution < 1.29 is 21.6 Å². The lowest BCUT2D eigenvalue weighted by atomic mass is 10.1. The van der Waals surface area contributed by atoms with E-state index in [0.717, 1.165) is 21.4 Å². The van der Waals surface area contributed by atoms with Crippen LogP contribution in [0.25, 0.3) is 10.1 Å². The number of carbonyl (C=O) groups excluding carboxylic acids is 1. The van der Waals surface area contributed by atoms with E-state index >= 15 is 0 Å². The Labute approximate surface area is 172 Å². The first-order valence-corrected chi connectivity index (χ1v) is 12.0. The van der Waals surface area contributed by atoms with Crippen LogP contribution in [0.2, 0.25) is 5.02 Å². The summed E-state index contributed by atoms with van der Waals surface area (Å²) in [6, 6.07) is 9.03. The number of rotatable bonds is 3. The number of hydrogen-bond donors (Lipinski definition) is 1. The van der Waals surface area contributed by atoms with E-state index in [1.54, 1.807) is 25.1 Å². The first kappa shape index (κ1) is 20.8. The summed E-state index contributed by atoms with van der Waals surface area (Å²) in [5.41, 5.74) is 0.713. The van der Waals surface area contributed by atoms with Gasteiger partial charge in [-0.2, -0.15) is 0 Å². The summed E-state index contributed by atoms with van der Waals surface area (Å²) >= 11 is 7.07. The first-order valence-electron chi connectivity index (χ1n) is 7.70. The van der Waals surface area contributed by atoms with Crippen molar-refractivity contribution in [3.8, 4) is 0 Å². The number of Topliss-reactive ketones (excluding diaryl/α,β-unsaturated/α-hetero) is 1. The molecule has 0 radical (unpaired) electrons. The molecule has 0 fully saturated rings. The van der Waals surface area contributed by atoms with Gasteiger partial charge in [0.2, 0.25) is 0 Å².